The van der Waals surface area contributed by atoms with E-state index in [0.29, 0.717) is 51.4 Å². The number of amides is 1. The van der Waals surface area contributed by atoms with Gasteiger partial charge in [-0.25, -0.2) is 0 Å². The van der Waals surface area contributed by atoms with E-state index in [1.807, 2.05) is 59.7 Å². The SMILES string of the molecule is C=CCOc1cccc2c1cc(C(=O)N1CCC(C(=O)OCC)CC1)n2C/C=C\C. The molecule has 1 aromatic carbocycles. The first-order valence-electron chi connectivity index (χ1n) is 10.5. The number of ether oxygens (including phenoxy) is 2. The zero-order valence-corrected chi connectivity index (χ0v) is 17.8. The Morgan fingerprint density at radius 1 is 1.27 bits per heavy atom. The lowest BCUT2D eigenvalue weighted by Gasteiger charge is -2.31. The average Bonchev–Trinajstić information content (AvgIpc) is 3.15. The first-order chi connectivity index (χ1) is 14.6. The summed E-state index contributed by atoms with van der Waals surface area (Å²) in [7, 11) is 0. The molecule has 160 valence electrons. The summed E-state index contributed by atoms with van der Waals surface area (Å²) in [5.74, 6) is 0.437. The molecule has 1 aliphatic rings. The van der Waals surface area contributed by atoms with Crippen molar-refractivity contribution in [3.63, 3.8) is 0 Å². The van der Waals surface area contributed by atoms with Crippen molar-refractivity contribution < 1.29 is 19.1 Å². The van der Waals surface area contributed by atoms with Crippen LogP contribution in [0.25, 0.3) is 10.9 Å². The standard InChI is InChI=1S/C24H30N2O4/c1-4-7-13-26-20-9-8-10-22(30-16-5-2)19(20)17-21(26)23(27)25-14-11-18(12-15-25)24(28)29-6-3/h4-5,7-10,17-18H,2,6,11-16H2,1,3H3/b7-4-. The number of hydrogen-bond acceptors (Lipinski definition) is 4. The fourth-order valence-corrected chi connectivity index (χ4v) is 3.86. The van der Waals surface area contributed by atoms with Gasteiger partial charge in [-0.2, -0.15) is 0 Å². The molecule has 0 radical (unpaired) electrons. The molecule has 2 heterocycles. The molecule has 30 heavy (non-hydrogen) atoms. The molecule has 0 atom stereocenters. The van der Waals surface area contributed by atoms with E-state index in [4.69, 9.17) is 9.47 Å². The lowest BCUT2D eigenvalue weighted by molar-refractivity contribution is -0.149. The van der Waals surface area contributed by atoms with E-state index >= 15 is 0 Å². The lowest BCUT2D eigenvalue weighted by Crippen LogP contribution is -2.41. The third kappa shape index (κ3) is 4.58. The van der Waals surface area contributed by atoms with E-state index < -0.39 is 0 Å². The maximum Gasteiger partial charge on any atom is 0.309 e. The number of carbonyl (C=O) groups is 2. The van der Waals surface area contributed by atoms with Gasteiger partial charge in [0.2, 0.25) is 0 Å². The van der Waals surface area contributed by atoms with Gasteiger partial charge in [0.25, 0.3) is 5.91 Å². The highest BCUT2D eigenvalue weighted by atomic mass is 16.5. The molecule has 3 rings (SSSR count). The van der Waals surface area contributed by atoms with Crippen LogP contribution in [0.4, 0.5) is 0 Å². The van der Waals surface area contributed by atoms with Crippen LogP contribution in [0.5, 0.6) is 5.75 Å². The van der Waals surface area contributed by atoms with Gasteiger partial charge in [0, 0.05) is 25.0 Å². The van der Waals surface area contributed by atoms with Gasteiger partial charge in [-0.15, -0.1) is 0 Å². The van der Waals surface area contributed by atoms with Crippen LogP contribution in [0.15, 0.2) is 49.1 Å². The number of carbonyl (C=O) groups excluding carboxylic acids is 2. The van der Waals surface area contributed by atoms with Crippen molar-refractivity contribution in [1.82, 2.24) is 9.47 Å². The highest BCUT2D eigenvalue weighted by Gasteiger charge is 2.30. The molecule has 1 saturated heterocycles. The van der Waals surface area contributed by atoms with Crippen LogP contribution >= 0.6 is 0 Å². The topological polar surface area (TPSA) is 60.8 Å². The minimum atomic E-state index is -0.157. The van der Waals surface area contributed by atoms with Crippen molar-refractivity contribution in [3.8, 4) is 5.75 Å². The van der Waals surface area contributed by atoms with Crippen LogP contribution in [-0.4, -0.2) is 47.6 Å². The highest BCUT2D eigenvalue weighted by Crippen LogP contribution is 2.31. The molecule has 6 heteroatoms. The summed E-state index contributed by atoms with van der Waals surface area (Å²) in [6, 6.07) is 7.76. The normalized spacial score (nSPS) is 14.9. The van der Waals surface area contributed by atoms with Crippen molar-refractivity contribution in [2.75, 3.05) is 26.3 Å². The molecule has 0 N–H and O–H groups in total. The number of allylic oxidation sites excluding steroid dienone is 2. The van der Waals surface area contributed by atoms with Crippen molar-refractivity contribution >= 4 is 22.8 Å². The number of hydrogen-bond donors (Lipinski definition) is 0. The van der Waals surface area contributed by atoms with Gasteiger partial charge in [-0.05, 0) is 44.9 Å². The van der Waals surface area contributed by atoms with E-state index in [0.717, 1.165) is 16.7 Å². The second kappa shape index (κ2) is 10.1. The highest BCUT2D eigenvalue weighted by molar-refractivity contribution is 6.00. The van der Waals surface area contributed by atoms with E-state index in [1.54, 1.807) is 6.08 Å². The number of benzene rings is 1. The largest absolute Gasteiger partial charge is 0.489 e. The Hall–Kier alpha value is -3.02. The second-order valence-electron chi connectivity index (χ2n) is 7.32. The third-order valence-corrected chi connectivity index (χ3v) is 5.41. The quantitative estimate of drug-likeness (QED) is 0.483. The van der Waals surface area contributed by atoms with E-state index in [9.17, 15) is 9.59 Å². The van der Waals surface area contributed by atoms with Gasteiger partial charge >= 0.3 is 5.97 Å². The first kappa shape index (κ1) is 21.7. The fourth-order valence-electron chi connectivity index (χ4n) is 3.86. The van der Waals surface area contributed by atoms with Gasteiger partial charge in [0.15, 0.2) is 0 Å². The first-order valence-corrected chi connectivity index (χ1v) is 10.5. The Labute approximate surface area is 177 Å². The molecular weight excluding hydrogens is 380 g/mol. The molecular formula is C24H30N2O4. The zero-order chi connectivity index (χ0) is 21.5. The number of aromatic nitrogens is 1. The maximum atomic E-state index is 13.4. The molecule has 1 aromatic heterocycles. The van der Waals surface area contributed by atoms with Gasteiger partial charge in [-0.3, -0.25) is 9.59 Å². The van der Waals surface area contributed by atoms with Gasteiger partial charge in [-0.1, -0.05) is 30.9 Å². The molecule has 2 aromatic rings. The molecule has 0 unspecified atom stereocenters. The summed E-state index contributed by atoms with van der Waals surface area (Å²) in [5, 5.41) is 0.911. The predicted octanol–water partition coefficient (Wildman–Crippen LogP) is 4.20. The van der Waals surface area contributed by atoms with Gasteiger partial charge in [0.05, 0.1) is 18.0 Å². The second-order valence-corrected chi connectivity index (χ2v) is 7.32. The summed E-state index contributed by atoms with van der Waals surface area (Å²) in [6.45, 7) is 9.98. The predicted molar refractivity (Wildman–Crippen MR) is 118 cm³/mol. The fraction of sp³-hybridized carbons (Fsp3) is 0.417. The van der Waals surface area contributed by atoms with Crippen LogP contribution in [0.2, 0.25) is 0 Å². The van der Waals surface area contributed by atoms with Crippen LogP contribution in [-0.2, 0) is 16.1 Å². The average molecular weight is 411 g/mol. The summed E-state index contributed by atoms with van der Waals surface area (Å²) >= 11 is 0. The lowest BCUT2D eigenvalue weighted by atomic mass is 9.97. The van der Waals surface area contributed by atoms with E-state index in [-0.39, 0.29) is 17.8 Å². The summed E-state index contributed by atoms with van der Waals surface area (Å²) in [6.07, 6.45) is 6.97. The van der Waals surface area contributed by atoms with Crippen LogP contribution in [0, 0.1) is 5.92 Å². The summed E-state index contributed by atoms with van der Waals surface area (Å²) < 4.78 is 13.0. The number of fused-ring (bicyclic) bond motifs is 1. The minimum Gasteiger partial charge on any atom is -0.489 e. The van der Waals surface area contributed by atoms with Crippen LogP contribution in [0.3, 0.4) is 0 Å². The Morgan fingerprint density at radius 2 is 2.03 bits per heavy atom. The monoisotopic (exact) mass is 410 g/mol. The summed E-state index contributed by atoms with van der Waals surface area (Å²) in [4.78, 5) is 27.2. The molecule has 1 aliphatic heterocycles. The van der Waals surface area contributed by atoms with Crippen molar-refractivity contribution in [1.29, 1.82) is 0 Å². The molecule has 1 amide bonds. The number of rotatable bonds is 8. The smallest absolute Gasteiger partial charge is 0.309 e. The van der Waals surface area contributed by atoms with Gasteiger partial charge in [0.1, 0.15) is 18.1 Å². The van der Waals surface area contributed by atoms with Crippen molar-refractivity contribution in [2.45, 2.75) is 33.2 Å². The van der Waals surface area contributed by atoms with Gasteiger partial charge < -0.3 is 18.9 Å². The molecule has 1 fully saturated rings. The Balaban J connectivity index is 1.87. The van der Waals surface area contributed by atoms with Crippen molar-refractivity contribution in [3.05, 3.63) is 54.8 Å². The van der Waals surface area contributed by atoms with Crippen molar-refractivity contribution in [2.24, 2.45) is 5.92 Å². The number of piperidine rings is 1. The minimum absolute atomic E-state index is 0.0207. The third-order valence-electron chi connectivity index (χ3n) is 5.41. The summed E-state index contributed by atoms with van der Waals surface area (Å²) in [5.41, 5.74) is 1.59. The molecule has 0 aliphatic carbocycles. The van der Waals surface area contributed by atoms with Crippen LogP contribution in [0.1, 0.15) is 37.2 Å². The molecule has 0 bridgehead atoms. The Morgan fingerprint density at radius 3 is 2.70 bits per heavy atom. The van der Waals surface area contributed by atoms with E-state index in [1.165, 1.54) is 0 Å². The number of esters is 1. The molecule has 0 spiro atoms. The zero-order valence-electron chi connectivity index (χ0n) is 17.8. The Kier molecular flexibility index (Phi) is 7.33. The maximum absolute atomic E-state index is 13.4. The Bertz CT molecular complexity index is 936. The molecule has 0 saturated carbocycles. The molecule has 6 nitrogen and oxygen atoms in total. The van der Waals surface area contributed by atoms with E-state index in [2.05, 4.69) is 6.58 Å². The number of nitrogens with zero attached hydrogens (tertiary/aromatic N) is 2. The van der Waals surface area contributed by atoms with Crippen LogP contribution < -0.4 is 4.74 Å². The number of likely N-dealkylation sites (tertiary alicyclic amines) is 1.